The molecule has 0 fully saturated rings. The second-order valence-electron chi connectivity index (χ2n) is 2.86. The summed E-state index contributed by atoms with van der Waals surface area (Å²) in [5, 5.41) is 21.3. The zero-order valence-electron chi connectivity index (χ0n) is 7.03. The molecule has 0 amide bonds. The predicted molar refractivity (Wildman–Crippen MR) is 52.9 cm³/mol. The Kier molecular flexibility index (Phi) is 1.71. The topological polar surface area (TPSA) is 44.0 Å². The number of hydrogen-bond acceptors (Lipinski definition) is 3. The molecule has 1 heterocycles. The summed E-state index contributed by atoms with van der Waals surface area (Å²) >= 11 is 1.46. The Balaban J connectivity index is 2.95. The van der Waals surface area contributed by atoms with Crippen LogP contribution >= 0.6 is 11.3 Å². The van der Waals surface area contributed by atoms with Crippen LogP contribution in [0.2, 0.25) is 0 Å². The molecule has 0 unspecified atom stereocenters. The molecule has 0 radical (unpaired) electrons. The number of nitrogens with zero attached hydrogens (tertiary/aromatic N) is 1. The Morgan fingerprint density at radius 1 is 1.54 bits per heavy atom. The van der Waals surface area contributed by atoms with Gasteiger partial charge in [-0.15, -0.1) is 11.3 Å². The van der Waals surface area contributed by atoms with Crippen LogP contribution in [0.25, 0.3) is 10.1 Å². The van der Waals surface area contributed by atoms with Crippen LogP contribution in [0.15, 0.2) is 17.5 Å². The fourth-order valence-electron chi connectivity index (χ4n) is 1.37. The predicted octanol–water partition coefficient (Wildman–Crippen LogP) is 2.79. The van der Waals surface area contributed by atoms with Crippen molar-refractivity contribution in [2.45, 2.75) is 6.92 Å². The van der Waals surface area contributed by atoms with Gasteiger partial charge in [-0.1, -0.05) is 0 Å². The summed E-state index contributed by atoms with van der Waals surface area (Å²) < 4.78 is 0.802. The second kappa shape index (κ2) is 2.75. The number of aryl methyl sites for hydroxylation is 1. The van der Waals surface area contributed by atoms with E-state index in [1.807, 2.05) is 24.4 Å². The Hall–Kier alpha value is -1.53. The minimum atomic E-state index is 0.109. The van der Waals surface area contributed by atoms with E-state index in [-0.39, 0.29) is 5.75 Å². The van der Waals surface area contributed by atoms with Crippen molar-refractivity contribution in [2.75, 3.05) is 0 Å². The van der Waals surface area contributed by atoms with Gasteiger partial charge in [0.1, 0.15) is 6.07 Å². The van der Waals surface area contributed by atoms with Gasteiger partial charge in [-0.25, -0.2) is 0 Å². The van der Waals surface area contributed by atoms with Crippen LogP contribution in [0.1, 0.15) is 11.1 Å². The first-order valence-electron chi connectivity index (χ1n) is 3.84. The minimum absolute atomic E-state index is 0.109. The largest absolute Gasteiger partial charge is 0.505 e. The van der Waals surface area contributed by atoms with E-state index >= 15 is 0 Å². The molecule has 0 bridgehead atoms. The standard InChI is InChI=1S/C10H7NOS/c1-6-4-7(5-11)9(12)10-8(6)2-3-13-10/h2-4,12H,1H3. The first-order chi connectivity index (χ1) is 6.24. The van der Waals surface area contributed by atoms with E-state index in [9.17, 15) is 5.11 Å². The SMILES string of the molecule is Cc1cc(C#N)c(O)c2sccc12. The lowest BCUT2D eigenvalue weighted by Crippen LogP contribution is -1.80. The maximum absolute atomic E-state index is 9.65. The molecular formula is C10H7NOS. The highest BCUT2D eigenvalue weighted by Crippen LogP contribution is 2.34. The fourth-order valence-corrected chi connectivity index (χ4v) is 2.29. The molecule has 0 saturated heterocycles. The summed E-state index contributed by atoms with van der Waals surface area (Å²) in [7, 11) is 0. The highest BCUT2D eigenvalue weighted by atomic mass is 32.1. The van der Waals surface area contributed by atoms with Crippen LogP contribution in [0.5, 0.6) is 5.75 Å². The Morgan fingerprint density at radius 2 is 2.31 bits per heavy atom. The smallest absolute Gasteiger partial charge is 0.151 e. The zero-order valence-corrected chi connectivity index (χ0v) is 7.85. The molecule has 2 rings (SSSR count). The van der Waals surface area contributed by atoms with Crippen molar-refractivity contribution in [3.8, 4) is 11.8 Å². The third-order valence-electron chi connectivity index (χ3n) is 2.04. The lowest BCUT2D eigenvalue weighted by atomic mass is 10.1. The quantitative estimate of drug-likeness (QED) is 0.692. The van der Waals surface area contributed by atoms with Crippen molar-refractivity contribution in [1.29, 1.82) is 5.26 Å². The van der Waals surface area contributed by atoms with E-state index in [1.54, 1.807) is 6.07 Å². The number of thiophene rings is 1. The molecule has 0 saturated carbocycles. The molecule has 0 aliphatic carbocycles. The van der Waals surface area contributed by atoms with Gasteiger partial charge >= 0.3 is 0 Å². The zero-order chi connectivity index (χ0) is 9.42. The van der Waals surface area contributed by atoms with Gasteiger partial charge in [-0.2, -0.15) is 5.26 Å². The molecule has 0 atom stereocenters. The average Bonchev–Trinajstić information content (AvgIpc) is 2.60. The van der Waals surface area contributed by atoms with Crippen LogP contribution in [-0.2, 0) is 0 Å². The Labute approximate surface area is 79.7 Å². The van der Waals surface area contributed by atoms with Crippen LogP contribution in [0.4, 0.5) is 0 Å². The van der Waals surface area contributed by atoms with E-state index in [4.69, 9.17) is 5.26 Å². The molecular weight excluding hydrogens is 182 g/mol. The number of hydrogen-bond donors (Lipinski definition) is 1. The first kappa shape index (κ1) is 8.09. The highest BCUT2D eigenvalue weighted by Gasteiger charge is 2.09. The van der Waals surface area contributed by atoms with E-state index in [0.29, 0.717) is 5.56 Å². The molecule has 13 heavy (non-hydrogen) atoms. The molecule has 1 aromatic carbocycles. The van der Waals surface area contributed by atoms with Crippen molar-refractivity contribution in [3.05, 3.63) is 28.6 Å². The summed E-state index contributed by atoms with van der Waals surface area (Å²) in [6, 6.07) is 5.64. The van der Waals surface area contributed by atoms with Gasteiger partial charge < -0.3 is 5.11 Å². The van der Waals surface area contributed by atoms with E-state index < -0.39 is 0 Å². The molecule has 1 aromatic heterocycles. The summed E-state index contributed by atoms with van der Waals surface area (Å²) in [5.41, 5.74) is 1.39. The molecule has 64 valence electrons. The number of fused-ring (bicyclic) bond motifs is 1. The molecule has 2 aromatic rings. The normalized spacial score (nSPS) is 10.2. The van der Waals surface area contributed by atoms with Crippen molar-refractivity contribution in [3.63, 3.8) is 0 Å². The summed E-state index contributed by atoms with van der Waals surface area (Å²) in [5.74, 6) is 0.109. The average molecular weight is 189 g/mol. The number of nitriles is 1. The van der Waals surface area contributed by atoms with Crippen LogP contribution in [0, 0.1) is 18.3 Å². The van der Waals surface area contributed by atoms with Crippen LogP contribution in [0.3, 0.4) is 0 Å². The van der Waals surface area contributed by atoms with Crippen LogP contribution < -0.4 is 0 Å². The maximum Gasteiger partial charge on any atom is 0.151 e. The van der Waals surface area contributed by atoms with Gasteiger partial charge in [0.2, 0.25) is 0 Å². The third-order valence-corrected chi connectivity index (χ3v) is 2.96. The summed E-state index contributed by atoms with van der Waals surface area (Å²) in [4.78, 5) is 0. The van der Waals surface area contributed by atoms with Gasteiger partial charge in [0, 0.05) is 0 Å². The van der Waals surface area contributed by atoms with Gasteiger partial charge in [0.15, 0.2) is 5.75 Å². The third kappa shape index (κ3) is 1.07. The molecule has 0 aliphatic heterocycles. The Bertz CT molecular complexity index is 507. The minimum Gasteiger partial charge on any atom is -0.505 e. The molecule has 2 nitrogen and oxygen atoms in total. The van der Waals surface area contributed by atoms with Gasteiger partial charge in [0.25, 0.3) is 0 Å². The van der Waals surface area contributed by atoms with Crippen molar-refractivity contribution < 1.29 is 5.11 Å². The first-order valence-corrected chi connectivity index (χ1v) is 4.72. The second-order valence-corrected chi connectivity index (χ2v) is 3.78. The Morgan fingerprint density at radius 3 is 3.00 bits per heavy atom. The van der Waals surface area contributed by atoms with Crippen molar-refractivity contribution >= 4 is 21.4 Å². The lowest BCUT2D eigenvalue weighted by molar-refractivity contribution is 0.480. The number of rotatable bonds is 0. The van der Waals surface area contributed by atoms with Crippen molar-refractivity contribution in [2.24, 2.45) is 0 Å². The monoisotopic (exact) mass is 189 g/mol. The lowest BCUT2D eigenvalue weighted by Gasteiger charge is -2.00. The van der Waals surface area contributed by atoms with Gasteiger partial charge in [-0.05, 0) is 35.4 Å². The van der Waals surface area contributed by atoms with E-state index in [2.05, 4.69) is 0 Å². The highest BCUT2D eigenvalue weighted by molar-refractivity contribution is 7.17. The van der Waals surface area contributed by atoms with Crippen molar-refractivity contribution in [1.82, 2.24) is 0 Å². The number of benzene rings is 1. The van der Waals surface area contributed by atoms with Gasteiger partial charge in [0.05, 0.1) is 10.3 Å². The number of phenolic OH excluding ortho intramolecular Hbond substituents is 1. The van der Waals surface area contributed by atoms with E-state index in [0.717, 1.165) is 15.6 Å². The molecule has 3 heteroatoms. The maximum atomic E-state index is 9.65. The summed E-state index contributed by atoms with van der Waals surface area (Å²) in [6.07, 6.45) is 0. The van der Waals surface area contributed by atoms with E-state index in [1.165, 1.54) is 11.3 Å². The number of aromatic hydroxyl groups is 1. The summed E-state index contributed by atoms with van der Waals surface area (Å²) in [6.45, 7) is 1.94. The molecule has 1 N–H and O–H groups in total. The van der Waals surface area contributed by atoms with Gasteiger partial charge in [-0.3, -0.25) is 0 Å². The molecule has 0 aliphatic rings. The fraction of sp³-hybridized carbons (Fsp3) is 0.100. The van der Waals surface area contributed by atoms with Crippen LogP contribution in [-0.4, -0.2) is 5.11 Å². The molecule has 0 spiro atoms. The number of phenols is 1.